The molecule has 4 aromatic rings. The zero-order valence-electron chi connectivity index (χ0n) is 24.3. The molecule has 0 atom stereocenters. The third-order valence-corrected chi connectivity index (χ3v) is 8.36. The van der Waals surface area contributed by atoms with Crippen LogP contribution in [0.3, 0.4) is 0 Å². The van der Waals surface area contributed by atoms with E-state index in [-0.39, 0.29) is 0 Å². The molecule has 6 bridgehead atoms. The fourth-order valence-corrected chi connectivity index (χ4v) is 5.71. The van der Waals surface area contributed by atoms with E-state index in [0.717, 1.165) is 37.1 Å². The lowest BCUT2D eigenvalue weighted by molar-refractivity contribution is 0.355. The Hall–Kier alpha value is -4.00. The molecule has 1 aromatic carbocycles. The van der Waals surface area contributed by atoms with E-state index in [2.05, 4.69) is 56.5 Å². The van der Waals surface area contributed by atoms with Crippen molar-refractivity contribution >= 4 is 23.8 Å². The molecule has 7 heteroatoms. The van der Waals surface area contributed by atoms with Crippen LogP contribution in [0.2, 0.25) is 0 Å². The van der Waals surface area contributed by atoms with Crippen LogP contribution in [0.4, 0.5) is 11.4 Å². The van der Waals surface area contributed by atoms with Crippen molar-refractivity contribution in [3.63, 3.8) is 0 Å². The quantitative estimate of drug-likeness (QED) is 0.235. The molecular formula is C32H39N5O2. The lowest BCUT2D eigenvalue weighted by atomic mass is 9.99. The molecule has 0 saturated carbocycles. The van der Waals surface area contributed by atoms with Crippen molar-refractivity contribution < 1.29 is 9.47 Å². The maximum Gasteiger partial charge on any atom is 0.163 e. The number of methoxy groups -OCH3 is 2. The van der Waals surface area contributed by atoms with E-state index in [1.54, 1.807) is 14.2 Å². The minimum atomic E-state index is 0.616. The molecule has 204 valence electrons. The number of aromatic amines is 3. The number of nitrogens with zero attached hydrogens (tertiary/aromatic N) is 2. The van der Waals surface area contributed by atoms with Crippen LogP contribution in [-0.2, 0) is 25.7 Å². The first kappa shape index (κ1) is 26.6. The van der Waals surface area contributed by atoms with Gasteiger partial charge in [0.05, 0.1) is 49.4 Å². The summed E-state index contributed by atoms with van der Waals surface area (Å²) < 4.78 is 11.1. The van der Waals surface area contributed by atoms with Gasteiger partial charge in [0.2, 0.25) is 0 Å². The number of benzene rings is 1. The first-order valence-electron chi connectivity index (χ1n) is 13.7. The fourth-order valence-electron chi connectivity index (χ4n) is 5.71. The summed E-state index contributed by atoms with van der Waals surface area (Å²) in [5.74, 6) is 1.23. The van der Waals surface area contributed by atoms with Gasteiger partial charge in [0.15, 0.2) is 11.5 Å². The average Bonchev–Trinajstić information content (AvgIpc) is 3.52. The number of ether oxygens (including phenoxy) is 2. The SMILES string of the molecule is CCc1c2[nH]c(c1CC)Cc1[nH]c(c(C)c1C)C=Nc1cc(OC)c(OC)cc1N=Cc1[nH]c(c(C)c1C)C2. The van der Waals surface area contributed by atoms with E-state index in [4.69, 9.17) is 19.5 Å². The first-order valence-corrected chi connectivity index (χ1v) is 13.7. The first-order chi connectivity index (χ1) is 18.8. The highest BCUT2D eigenvalue weighted by atomic mass is 16.5. The van der Waals surface area contributed by atoms with Crippen LogP contribution in [0.15, 0.2) is 22.1 Å². The Bertz CT molecular complexity index is 1480. The van der Waals surface area contributed by atoms with Crippen molar-refractivity contribution in [2.24, 2.45) is 9.98 Å². The molecule has 0 amide bonds. The van der Waals surface area contributed by atoms with Crippen molar-refractivity contribution in [1.29, 1.82) is 0 Å². The molecule has 0 unspecified atom stereocenters. The molecule has 0 radical (unpaired) electrons. The van der Waals surface area contributed by atoms with Crippen molar-refractivity contribution in [1.82, 2.24) is 15.0 Å². The van der Waals surface area contributed by atoms with E-state index < -0.39 is 0 Å². The Morgan fingerprint density at radius 1 is 0.615 bits per heavy atom. The zero-order valence-corrected chi connectivity index (χ0v) is 24.3. The van der Waals surface area contributed by atoms with Crippen LogP contribution in [0.1, 0.15) is 81.4 Å². The van der Waals surface area contributed by atoms with Gasteiger partial charge in [-0.25, -0.2) is 0 Å². The standard InChI is InChI=1S/C32H39N5O2/c1-9-21-22(10-2)26-12-24-18(4)20(6)30(36-24)16-34-28-14-32(39-8)31(38-7)13-27(28)33-15-29-19(5)17(3)23(35-29)11-25(21)37-26/h13-16,35-37H,9-12H2,1-8H3. The van der Waals surface area contributed by atoms with Crippen molar-refractivity contribution in [3.05, 3.63) is 79.7 Å². The van der Waals surface area contributed by atoms with Gasteiger partial charge in [-0.05, 0) is 73.9 Å². The number of H-pyrrole nitrogens is 3. The molecule has 0 aliphatic carbocycles. The number of hydrogen-bond acceptors (Lipinski definition) is 4. The molecule has 4 heterocycles. The third-order valence-electron chi connectivity index (χ3n) is 8.36. The zero-order chi connectivity index (χ0) is 27.8. The second kappa shape index (κ2) is 10.6. The van der Waals surface area contributed by atoms with Crippen molar-refractivity contribution in [2.75, 3.05) is 14.2 Å². The second-order valence-corrected chi connectivity index (χ2v) is 10.3. The highest BCUT2D eigenvalue weighted by molar-refractivity contribution is 5.88. The summed E-state index contributed by atoms with van der Waals surface area (Å²) >= 11 is 0. The maximum absolute atomic E-state index is 5.57. The molecular weight excluding hydrogens is 486 g/mol. The van der Waals surface area contributed by atoms with Crippen LogP contribution in [0.5, 0.6) is 11.5 Å². The van der Waals surface area contributed by atoms with Gasteiger partial charge in [0, 0.05) is 47.8 Å². The van der Waals surface area contributed by atoms with Gasteiger partial charge in [0.1, 0.15) is 0 Å². The van der Waals surface area contributed by atoms with Gasteiger partial charge in [0.25, 0.3) is 0 Å². The maximum atomic E-state index is 5.57. The molecule has 7 nitrogen and oxygen atoms in total. The summed E-state index contributed by atoms with van der Waals surface area (Å²) in [7, 11) is 3.26. The lowest BCUT2D eigenvalue weighted by Gasteiger charge is -2.10. The summed E-state index contributed by atoms with van der Waals surface area (Å²) in [6, 6.07) is 3.75. The van der Waals surface area contributed by atoms with Crippen molar-refractivity contribution in [2.45, 2.75) is 67.2 Å². The number of hydrogen-bond donors (Lipinski definition) is 3. The summed E-state index contributed by atoms with van der Waals surface area (Å²) in [6.45, 7) is 13.2. The van der Waals surface area contributed by atoms with Crippen LogP contribution in [0, 0.1) is 27.7 Å². The minimum Gasteiger partial charge on any atom is -0.493 e. The Balaban J connectivity index is 1.74. The predicted octanol–water partition coefficient (Wildman–Crippen LogP) is 7.04. The predicted molar refractivity (Wildman–Crippen MR) is 160 cm³/mol. The number of aromatic nitrogens is 3. The van der Waals surface area contributed by atoms with Gasteiger partial charge < -0.3 is 24.4 Å². The van der Waals surface area contributed by atoms with Gasteiger partial charge in [-0.1, -0.05) is 13.8 Å². The average molecular weight is 526 g/mol. The number of fused-ring (bicyclic) bond motifs is 7. The lowest BCUT2D eigenvalue weighted by Crippen LogP contribution is -1.97. The van der Waals surface area contributed by atoms with Gasteiger partial charge >= 0.3 is 0 Å². The molecule has 0 spiro atoms. The Morgan fingerprint density at radius 2 is 1.03 bits per heavy atom. The number of aliphatic imine (C=N–C) groups is 2. The largest absolute Gasteiger partial charge is 0.493 e. The van der Waals surface area contributed by atoms with E-state index >= 15 is 0 Å². The highest BCUT2D eigenvalue weighted by Crippen LogP contribution is 2.40. The second-order valence-electron chi connectivity index (χ2n) is 10.3. The van der Waals surface area contributed by atoms with E-state index in [0.29, 0.717) is 22.9 Å². The third kappa shape index (κ3) is 4.71. The Morgan fingerprint density at radius 3 is 1.38 bits per heavy atom. The van der Waals surface area contributed by atoms with E-state index in [1.165, 1.54) is 56.2 Å². The van der Waals surface area contributed by atoms with Gasteiger partial charge in [-0.3, -0.25) is 9.98 Å². The van der Waals surface area contributed by atoms with Crippen LogP contribution in [0.25, 0.3) is 0 Å². The van der Waals surface area contributed by atoms with Crippen LogP contribution in [-0.4, -0.2) is 41.6 Å². The molecule has 3 N–H and O–H groups in total. The van der Waals surface area contributed by atoms with Crippen molar-refractivity contribution in [3.8, 4) is 11.5 Å². The van der Waals surface area contributed by atoms with Crippen LogP contribution < -0.4 is 9.47 Å². The Kier molecular flexibility index (Phi) is 7.25. The molecule has 39 heavy (non-hydrogen) atoms. The normalized spacial score (nSPS) is 12.9. The molecule has 0 fully saturated rings. The molecule has 5 rings (SSSR count). The summed E-state index contributed by atoms with van der Waals surface area (Å²) in [5.41, 5.74) is 16.2. The molecule has 1 aliphatic heterocycles. The smallest absolute Gasteiger partial charge is 0.163 e. The summed E-state index contributed by atoms with van der Waals surface area (Å²) in [5, 5.41) is 0. The van der Waals surface area contributed by atoms with E-state index in [9.17, 15) is 0 Å². The van der Waals surface area contributed by atoms with Crippen LogP contribution >= 0.6 is 0 Å². The summed E-state index contributed by atoms with van der Waals surface area (Å²) in [6.07, 6.45) is 7.45. The van der Waals surface area contributed by atoms with Gasteiger partial charge in [-0.2, -0.15) is 0 Å². The summed E-state index contributed by atoms with van der Waals surface area (Å²) in [4.78, 5) is 20.9. The molecule has 3 aromatic heterocycles. The fraction of sp³-hybridized carbons (Fsp3) is 0.375. The Labute approximate surface area is 230 Å². The molecule has 0 saturated heterocycles. The van der Waals surface area contributed by atoms with E-state index in [1.807, 2.05) is 24.6 Å². The monoisotopic (exact) mass is 525 g/mol. The number of nitrogens with one attached hydrogen (secondary N) is 3. The highest BCUT2D eigenvalue weighted by Gasteiger charge is 2.20. The minimum absolute atomic E-state index is 0.616. The molecule has 1 aliphatic rings. The topological polar surface area (TPSA) is 90.6 Å². The van der Waals surface area contributed by atoms with Gasteiger partial charge in [-0.15, -0.1) is 0 Å². The number of rotatable bonds is 4.